The molecule has 0 unspecified atom stereocenters. The lowest BCUT2D eigenvalue weighted by molar-refractivity contribution is -0.142. The van der Waals surface area contributed by atoms with Crippen molar-refractivity contribution < 1.29 is 33.0 Å². The second-order valence-electron chi connectivity index (χ2n) is 14.9. The smallest absolute Gasteiger partial charge is 0.410 e. The molecule has 260 valence electrons. The van der Waals surface area contributed by atoms with E-state index in [1.807, 2.05) is 25.7 Å². The van der Waals surface area contributed by atoms with E-state index in [0.717, 1.165) is 17.2 Å². The molecule has 3 aliphatic rings. The number of carbonyl (C=O) groups excluding carboxylic acids is 3. The number of aromatic hydroxyl groups is 1. The summed E-state index contributed by atoms with van der Waals surface area (Å²) >= 11 is 0. The Morgan fingerprint density at radius 3 is 2.45 bits per heavy atom. The number of benzene rings is 2. The van der Waals surface area contributed by atoms with Gasteiger partial charge in [0.15, 0.2) is 0 Å². The highest BCUT2D eigenvalue weighted by Gasteiger charge is 2.45. The second kappa shape index (κ2) is 12.7. The van der Waals surface area contributed by atoms with Crippen LogP contribution in [0.4, 0.5) is 19.3 Å². The molecule has 2 atom stereocenters. The van der Waals surface area contributed by atoms with Crippen molar-refractivity contribution in [2.24, 2.45) is 0 Å². The molecule has 3 amide bonds. The number of aromatic nitrogens is 2. The van der Waals surface area contributed by atoms with E-state index in [-0.39, 0.29) is 55.2 Å². The highest BCUT2D eigenvalue weighted by atomic mass is 19.1. The predicted octanol–water partition coefficient (Wildman–Crippen LogP) is 4.53. The molecule has 49 heavy (non-hydrogen) atoms. The minimum absolute atomic E-state index is 0.0290. The first-order chi connectivity index (χ1) is 23.0. The van der Waals surface area contributed by atoms with E-state index in [1.54, 1.807) is 59.7 Å². The molecule has 0 spiro atoms. The van der Waals surface area contributed by atoms with E-state index in [4.69, 9.17) is 4.74 Å². The maximum absolute atomic E-state index is 14.5. The molecule has 13 heteroatoms. The third-order valence-corrected chi connectivity index (χ3v) is 9.31. The normalized spacial score (nSPS) is 20.3. The van der Waals surface area contributed by atoms with E-state index in [1.165, 1.54) is 12.1 Å². The molecule has 3 aliphatic heterocycles. The van der Waals surface area contributed by atoms with Gasteiger partial charge in [0.1, 0.15) is 29.0 Å². The van der Waals surface area contributed by atoms with Crippen molar-refractivity contribution in [2.45, 2.75) is 84.2 Å². The Bertz CT molecular complexity index is 1810. The number of piperazine rings is 1. The zero-order chi connectivity index (χ0) is 35.4. The fraction of sp³-hybridized carbons (Fsp3) is 0.472. The number of fused-ring (bicyclic) bond motifs is 2. The van der Waals surface area contributed by atoms with Crippen molar-refractivity contribution in [2.75, 3.05) is 31.1 Å². The number of phenolic OH excluding ortho intramolecular Hbond substituents is 1. The molecule has 1 aromatic heterocycles. The molecule has 1 fully saturated rings. The first kappa shape index (κ1) is 34.2. The third-order valence-electron chi connectivity index (χ3n) is 9.31. The molecular formula is C36H42F2N6O5. The van der Waals surface area contributed by atoms with Crippen LogP contribution in [-0.4, -0.2) is 91.8 Å². The Balaban J connectivity index is 1.26. The summed E-state index contributed by atoms with van der Waals surface area (Å²) in [6.07, 6.45) is -0.469. The molecule has 6 rings (SSSR count). The average Bonchev–Trinajstić information content (AvgIpc) is 3.55. The molecule has 1 N–H and O–H groups in total. The Morgan fingerprint density at radius 2 is 1.73 bits per heavy atom. The van der Waals surface area contributed by atoms with Gasteiger partial charge in [0, 0.05) is 56.7 Å². The van der Waals surface area contributed by atoms with Crippen LogP contribution in [0.25, 0.3) is 0 Å². The standard InChI is InChI=1S/C36H42F2N6O5/c1-21-15-41(30(18-43(21)34(48)49-35(2,3)4)33(47)42-16-23-8-10-27(45)12-24(23)17-42)19-31(46)44-20-36(5,6)32-29(44)14-26(39-40-32)11-22-7-9-25(37)13-28(22)38/h7-10,12-14,21,30,45H,11,15-20H2,1-6H3/t21-,30+/m1/s1. The van der Waals surface area contributed by atoms with Crippen molar-refractivity contribution in [1.29, 1.82) is 0 Å². The number of nitrogens with zero attached hydrogens (tertiary/aromatic N) is 6. The molecule has 4 heterocycles. The van der Waals surface area contributed by atoms with Gasteiger partial charge in [-0.15, -0.1) is 0 Å². The number of anilines is 1. The Labute approximate surface area is 284 Å². The Hall–Kier alpha value is -4.65. The minimum atomic E-state index is -0.835. The van der Waals surface area contributed by atoms with Crippen molar-refractivity contribution in [3.05, 3.63) is 82.2 Å². The lowest BCUT2D eigenvalue weighted by Gasteiger charge is -2.45. The van der Waals surface area contributed by atoms with Crippen molar-refractivity contribution in [1.82, 2.24) is 24.9 Å². The van der Waals surface area contributed by atoms with Gasteiger partial charge in [-0.05, 0) is 68.7 Å². The number of hydrogen-bond acceptors (Lipinski definition) is 8. The van der Waals surface area contributed by atoms with Crippen LogP contribution in [0, 0.1) is 11.6 Å². The van der Waals surface area contributed by atoms with Crippen LogP contribution in [0.2, 0.25) is 0 Å². The largest absolute Gasteiger partial charge is 0.508 e. The van der Waals surface area contributed by atoms with E-state index >= 15 is 0 Å². The summed E-state index contributed by atoms with van der Waals surface area (Å²) in [4.78, 5) is 48.4. The molecule has 0 radical (unpaired) electrons. The predicted molar refractivity (Wildman–Crippen MR) is 177 cm³/mol. The van der Waals surface area contributed by atoms with E-state index in [0.29, 0.717) is 36.7 Å². The summed E-state index contributed by atoms with van der Waals surface area (Å²) in [5.74, 6) is -1.74. The summed E-state index contributed by atoms with van der Waals surface area (Å²) in [7, 11) is 0. The number of phenols is 1. The summed E-state index contributed by atoms with van der Waals surface area (Å²) in [5, 5.41) is 18.7. The molecule has 11 nitrogen and oxygen atoms in total. The zero-order valence-corrected chi connectivity index (χ0v) is 28.7. The molecule has 0 saturated carbocycles. The van der Waals surface area contributed by atoms with Crippen LogP contribution in [0.5, 0.6) is 5.75 Å². The molecular weight excluding hydrogens is 634 g/mol. The Kier molecular flexibility index (Phi) is 8.85. The average molecular weight is 677 g/mol. The Morgan fingerprint density at radius 1 is 1.00 bits per heavy atom. The van der Waals surface area contributed by atoms with Crippen molar-refractivity contribution in [3.63, 3.8) is 0 Å². The lowest BCUT2D eigenvalue weighted by atomic mass is 9.91. The lowest BCUT2D eigenvalue weighted by Crippen LogP contribution is -2.64. The van der Waals surface area contributed by atoms with Gasteiger partial charge in [0.05, 0.1) is 23.6 Å². The zero-order valence-electron chi connectivity index (χ0n) is 28.7. The van der Waals surface area contributed by atoms with Gasteiger partial charge >= 0.3 is 6.09 Å². The fourth-order valence-corrected chi connectivity index (χ4v) is 6.87. The number of rotatable bonds is 5. The monoisotopic (exact) mass is 676 g/mol. The van der Waals surface area contributed by atoms with Crippen LogP contribution >= 0.6 is 0 Å². The van der Waals surface area contributed by atoms with Gasteiger partial charge in [0.2, 0.25) is 11.8 Å². The van der Waals surface area contributed by atoms with Crippen molar-refractivity contribution in [3.8, 4) is 5.75 Å². The SMILES string of the molecule is C[C@@H]1CN(CC(=O)N2CC(C)(C)c3nnc(Cc4ccc(F)cc4F)cc32)[C@H](C(=O)N2Cc3ccc(O)cc3C2)CN1C(=O)OC(C)(C)C. The fourth-order valence-electron chi connectivity index (χ4n) is 6.87. The van der Waals surface area contributed by atoms with Gasteiger partial charge in [-0.2, -0.15) is 10.2 Å². The highest BCUT2D eigenvalue weighted by molar-refractivity contribution is 5.97. The molecule has 2 aromatic carbocycles. The van der Waals surface area contributed by atoms with Crippen LogP contribution in [0.3, 0.4) is 0 Å². The topological polar surface area (TPSA) is 119 Å². The van der Waals surface area contributed by atoms with Gasteiger partial charge in [-0.3, -0.25) is 14.5 Å². The number of halogens is 2. The molecule has 0 bridgehead atoms. The summed E-state index contributed by atoms with van der Waals surface area (Å²) in [6, 6.07) is 8.93. The van der Waals surface area contributed by atoms with E-state index in [2.05, 4.69) is 10.2 Å². The van der Waals surface area contributed by atoms with Crippen LogP contribution in [0.15, 0.2) is 42.5 Å². The van der Waals surface area contributed by atoms with E-state index < -0.39 is 34.8 Å². The summed E-state index contributed by atoms with van der Waals surface area (Å²) in [6.45, 7) is 12.3. The first-order valence-electron chi connectivity index (χ1n) is 16.4. The van der Waals surface area contributed by atoms with Gasteiger partial charge < -0.3 is 24.5 Å². The van der Waals surface area contributed by atoms with Crippen LogP contribution in [0.1, 0.15) is 69.6 Å². The number of amides is 3. The molecule has 1 saturated heterocycles. The van der Waals surface area contributed by atoms with Crippen LogP contribution < -0.4 is 4.90 Å². The molecule has 0 aliphatic carbocycles. The quantitative estimate of drug-likeness (QED) is 0.419. The second-order valence-corrected chi connectivity index (χ2v) is 14.9. The minimum Gasteiger partial charge on any atom is -0.508 e. The third kappa shape index (κ3) is 7.08. The van der Waals surface area contributed by atoms with Gasteiger partial charge in [-0.1, -0.05) is 26.0 Å². The number of hydrogen-bond donors (Lipinski definition) is 1. The van der Waals surface area contributed by atoms with E-state index in [9.17, 15) is 28.3 Å². The summed E-state index contributed by atoms with van der Waals surface area (Å²) in [5.41, 5.74) is 2.37. The molecule has 3 aromatic rings. The van der Waals surface area contributed by atoms with Gasteiger partial charge in [-0.25, -0.2) is 13.6 Å². The van der Waals surface area contributed by atoms with Gasteiger partial charge in [0.25, 0.3) is 0 Å². The van der Waals surface area contributed by atoms with Crippen molar-refractivity contribution >= 4 is 23.6 Å². The highest BCUT2D eigenvalue weighted by Crippen LogP contribution is 2.39. The number of carbonyl (C=O) groups is 3. The maximum Gasteiger partial charge on any atom is 0.410 e. The number of ether oxygens (including phenoxy) is 1. The first-order valence-corrected chi connectivity index (χ1v) is 16.4. The maximum atomic E-state index is 14.5. The summed E-state index contributed by atoms with van der Waals surface area (Å²) < 4.78 is 33.6. The van der Waals surface area contributed by atoms with Crippen LogP contribution in [-0.2, 0) is 39.3 Å².